The quantitative estimate of drug-likeness (QED) is 0.390. The maximum atomic E-state index is 5.24. The molecule has 0 spiro atoms. The third-order valence-corrected chi connectivity index (χ3v) is 7.88. The Morgan fingerprint density at radius 3 is 1.92 bits per heavy atom. The van der Waals surface area contributed by atoms with Crippen LogP contribution in [0.3, 0.4) is 0 Å². The summed E-state index contributed by atoms with van der Waals surface area (Å²) in [6.07, 6.45) is 4.53. The highest BCUT2D eigenvalue weighted by molar-refractivity contribution is 5.98. The van der Waals surface area contributed by atoms with Crippen molar-refractivity contribution >= 4 is 28.7 Å². The van der Waals surface area contributed by atoms with Gasteiger partial charge in [0.2, 0.25) is 5.96 Å². The van der Waals surface area contributed by atoms with E-state index in [1.165, 1.54) is 29.9 Å². The molecule has 37 heavy (non-hydrogen) atoms. The lowest BCUT2D eigenvalue weighted by atomic mass is 10.00. The summed E-state index contributed by atoms with van der Waals surface area (Å²) in [7, 11) is 0. The molecule has 4 bridgehead atoms. The molecule has 3 unspecified atom stereocenters. The smallest absolute Gasteiger partial charge is 0.225 e. The van der Waals surface area contributed by atoms with Crippen LogP contribution in [-0.2, 0) is 0 Å². The summed E-state index contributed by atoms with van der Waals surface area (Å²) in [6, 6.07) is 18.4. The van der Waals surface area contributed by atoms with E-state index in [2.05, 4.69) is 123 Å². The van der Waals surface area contributed by atoms with Gasteiger partial charge in [-0.1, -0.05) is 27.7 Å². The largest absolute Gasteiger partial charge is 0.359 e. The highest BCUT2D eigenvalue weighted by atomic mass is 15.7. The summed E-state index contributed by atoms with van der Waals surface area (Å²) in [5.74, 6) is 2.22. The first kappa shape index (κ1) is 25.5. The number of fused-ring (bicyclic) bond motifs is 4. The van der Waals surface area contributed by atoms with Gasteiger partial charge in [0.1, 0.15) is 0 Å². The fourth-order valence-corrected chi connectivity index (χ4v) is 5.78. The van der Waals surface area contributed by atoms with E-state index in [1.54, 1.807) is 0 Å². The Hall–Kier alpha value is -3.15. The molecule has 0 saturated carbocycles. The molecule has 0 aliphatic carbocycles. The lowest BCUT2D eigenvalue weighted by Gasteiger charge is -2.52. The number of benzene rings is 2. The molecule has 2 N–H and O–H groups in total. The van der Waals surface area contributed by atoms with Crippen LogP contribution in [0.25, 0.3) is 0 Å². The minimum atomic E-state index is -0.0860. The van der Waals surface area contributed by atoms with Gasteiger partial charge in [0, 0.05) is 29.1 Å². The van der Waals surface area contributed by atoms with Crippen LogP contribution in [0.5, 0.6) is 0 Å². The van der Waals surface area contributed by atoms with Crippen LogP contribution in [0.4, 0.5) is 22.7 Å². The number of guanidine groups is 1. The SMILES string of the molecule is CC1=C2C(Nc3ccc(cc3)N2C(C)CCC(C)C)N2C(=N1)Nc1ccc(cc1)N2C(C)CCC(C)C. The molecule has 6 heteroatoms. The summed E-state index contributed by atoms with van der Waals surface area (Å²) in [5.41, 5.74) is 6.92. The Labute approximate surface area is 223 Å². The van der Waals surface area contributed by atoms with Gasteiger partial charge in [-0.05, 0) is 107 Å². The van der Waals surface area contributed by atoms with E-state index in [4.69, 9.17) is 4.99 Å². The molecule has 0 fully saturated rings. The molecule has 3 atom stereocenters. The highest BCUT2D eigenvalue weighted by Crippen LogP contribution is 2.40. The summed E-state index contributed by atoms with van der Waals surface area (Å²) in [6.45, 7) is 16.1. The van der Waals surface area contributed by atoms with E-state index < -0.39 is 0 Å². The number of rotatable bonds is 8. The zero-order valence-electron chi connectivity index (χ0n) is 23.6. The van der Waals surface area contributed by atoms with E-state index in [9.17, 15) is 0 Å². The first-order valence-electron chi connectivity index (χ1n) is 14.1. The standard InChI is InChI=1S/C31H44N6/c1-20(2)8-10-22(5)35-27-16-12-25(13-17-27)33-30-29(35)24(7)32-31-34-26-14-18-28(19-15-26)36(37(30)31)23(6)11-9-21(3)4/h12-23,30,33H,8-11H2,1-7H3,(H,32,34). The second-order valence-corrected chi connectivity index (χ2v) is 11.9. The molecule has 0 amide bonds. The molecule has 7 rings (SSSR count). The van der Waals surface area contributed by atoms with Gasteiger partial charge >= 0.3 is 0 Å². The minimum Gasteiger partial charge on any atom is -0.359 e. The van der Waals surface area contributed by atoms with E-state index in [1.807, 2.05) is 0 Å². The monoisotopic (exact) mass is 500 g/mol. The number of hydrogen-bond donors (Lipinski definition) is 2. The number of hydrogen-bond acceptors (Lipinski definition) is 6. The van der Waals surface area contributed by atoms with Crippen molar-refractivity contribution in [2.45, 2.75) is 92.4 Å². The molecule has 5 heterocycles. The second kappa shape index (κ2) is 10.3. The number of allylic oxidation sites excluding steroid dienone is 1. The first-order valence-corrected chi connectivity index (χ1v) is 14.1. The zero-order valence-corrected chi connectivity index (χ0v) is 23.6. The Bertz CT molecular complexity index is 1150. The fraction of sp³-hybridized carbons (Fsp3) is 0.516. The zero-order chi connectivity index (χ0) is 26.3. The molecular formula is C31H44N6. The average Bonchev–Trinajstić information content (AvgIpc) is 2.83. The lowest BCUT2D eigenvalue weighted by molar-refractivity contribution is 0.283. The van der Waals surface area contributed by atoms with E-state index in [-0.39, 0.29) is 6.17 Å². The molecule has 0 aromatic heterocycles. The van der Waals surface area contributed by atoms with Crippen LogP contribution in [0.1, 0.15) is 74.1 Å². The molecule has 5 aliphatic heterocycles. The van der Waals surface area contributed by atoms with Gasteiger partial charge in [0.25, 0.3) is 0 Å². The molecule has 6 nitrogen and oxygen atoms in total. The van der Waals surface area contributed by atoms with Crippen molar-refractivity contribution in [3.8, 4) is 0 Å². The van der Waals surface area contributed by atoms with Crippen LogP contribution in [-0.4, -0.2) is 29.2 Å². The third-order valence-electron chi connectivity index (χ3n) is 7.88. The van der Waals surface area contributed by atoms with Crippen molar-refractivity contribution in [2.24, 2.45) is 16.8 Å². The van der Waals surface area contributed by atoms with Crippen molar-refractivity contribution in [3.05, 3.63) is 59.9 Å². The predicted molar refractivity (Wildman–Crippen MR) is 158 cm³/mol. The van der Waals surface area contributed by atoms with Crippen LogP contribution >= 0.6 is 0 Å². The van der Waals surface area contributed by atoms with Gasteiger partial charge < -0.3 is 15.5 Å². The van der Waals surface area contributed by atoms with Crippen molar-refractivity contribution in [2.75, 3.05) is 20.5 Å². The Kier molecular flexibility index (Phi) is 7.11. The summed E-state index contributed by atoms with van der Waals surface area (Å²) >= 11 is 0. The van der Waals surface area contributed by atoms with Gasteiger partial charge in [-0.3, -0.25) is 5.01 Å². The second-order valence-electron chi connectivity index (χ2n) is 11.9. The van der Waals surface area contributed by atoms with Crippen LogP contribution < -0.4 is 20.5 Å². The lowest BCUT2D eigenvalue weighted by Crippen LogP contribution is -2.64. The van der Waals surface area contributed by atoms with Crippen molar-refractivity contribution < 1.29 is 0 Å². The molecule has 0 radical (unpaired) electrons. The number of hydrazine groups is 1. The topological polar surface area (TPSA) is 46.1 Å². The van der Waals surface area contributed by atoms with Crippen molar-refractivity contribution in [3.63, 3.8) is 0 Å². The number of nitrogens with one attached hydrogen (secondary N) is 2. The summed E-state index contributed by atoms with van der Waals surface area (Å²) in [4.78, 5) is 7.77. The Morgan fingerprint density at radius 2 is 1.30 bits per heavy atom. The van der Waals surface area contributed by atoms with Gasteiger partial charge in [-0.2, -0.15) is 0 Å². The van der Waals surface area contributed by atoms with Gasteiger partial charge in [-0.15, -0.1) is 0 Å². The predicted octanol–water partition coefficient (Wildman–Crippen LogP) is 7.64. The number of aliphatic imine (C=N–C) groups is 1. The Balaban J connectivity index is 1.63. The van der Waals surface area contributed by atoms with E-state index in [0.717, 1.165) is 35.9 Å². The van der Waals surface area contributed by atoms with Crippen LogP contribution in [0, 0.1) is 11.8 Å². The van der Waals surface area contributed by atoms with Crippen LogP contribution in [0.15, 0.2) is 64.9 Å². The molecular weight excluding hydrogens is 456 g/mol. The number of anilines is 4. The average molecular weight is 501 g/mol. The maximum absolute atomic E-state index is 5.24. The van der Waals surface area contributed by atoms with Gasteiger partial charge in [0.15, 0.2) is 6.17 Å². The van der Waals surface area contributed by atoms with Gasteiger partial charge in [-0.25, -0.2) is 10.0 Å². The minimum absolute atomic E-state index is 0.0860. The first-order chi connectivity index (χ1) is 17.7. The summed E-state index contributed by atoms with van der Waals surface area (Å²) in [5, 5.41) is 12.4. The molecule has 2 aromatic rings. The van der Waals surface area contributed by atoms with Crippen molar-refractivity contribution in [1.82, 2.24) is 5.01 Å². The highest BCUT2D eigenvalue weighted by Gasteiger charge is 2.42. The Morgan fingerprint density at radius 1 is 0.730 bits per heavy atom. The van der Waals surface area contributed by atoms with Gasteiger partial charge in [0.05, 0.1) is 17.1 Å². The maximum Gasteiger partial charge on any atom is 0.225 e. The van der Waals surface area contributed by atoms with E-state index >= 15 is 0 Å². The molecule has 198 valence electrons. The van der Waals surface area contributed by atoms with Crippen LogP contribution in [0.2, 0.25) is 0 Å². The summed E-state index contributed by atoms with van der Waals surface area (Å²) < 4.78 is 0. The fourth-order valence-electron chi connectivity index (χ4n) is 5.78. The van der Waals surface area contributed by atoms with E-state index in [0.29, 0.717) is 23.9 Å². The van der Waals surface area contributed by atoms with Crippen molar-refractivity contribution in [1.29, 1.82) is 0 Å². The molecule has 2 aromatic carbocycles. The third kappa shape index (κ3) is 5.03. The number of nitrogens with zero attached hydrogens (tertiary/aromatic N) is 4. The molecule has 5 aliphatic rings. The normalized spacial score (nSPS) is 20.0. The molecule has 0 saturated heterocycles.